The van der Waals surface area contributed by atoms with E-state index in [2.05, 4.69) is 10.3 Å². The molecule has 0 fully saturated rings. The van der Waals surface area contributed by atoms with Gasteiger partial charge in [-0.3, -0.25) is 0 Å². The quantitative estimate of drug-likeness (QED) is 0.667. The van der Waals surface area contributed by atoms with Crippen molar-refractivity contribution in [3.8, 4) is 5.69 Å². The van der Waals surface area contributed by atoms with Crippen LogP contribution in [0.25, 0.3) is 5.69 Å². The SMILES string of the molecule is NCCCCc1cn(-c2cc(F)c(F)cc2F)nn1. The number of hydrogen-bond donors (Lipinski definition) is 1. The summed E-state index contributed by atoms with van der Waals surface area (Å²) in [5.74, 6) is -3.25. The Morgan fingerprint density at radius 3 is 2.53 bits per heavy atom. The summed E-state index contributed by atoms with van der Waals surface area (Å²) in [7, 11) is 0. The van der Waals surface area contributed by atoms with E-state index in [1.165, 1.54) is 6.20 Å². The highest BCUT2D eigenvalue weighted by atomic mass is 19.2. The van der Waals surface area contributed by atoms with Crippen molar-refractivity contribution in [2.24, 2.45) is 5.73 Å². The van der Waals surface area contributed by atoms with Crippen LogP contribution in [0.3, 0.4) is 0 Å². The van der Waals surface area contributed by atoms with Crippen LogP contribution in [-0.2, 0) is 6.42 Å². The molecule has 1 aromatic heterocycles. The summed E-state index contributed by atoms with van der Waals surface area (Å²) in [6, 6.07) is 1.24. The summed E-state index contributed by atoms with van der Waals surface area (Å²) < 4.78 is 40.5. The average Bonchev–Trinajstić information content (AvgIpc) is 2.83. The first-order chi connectivity index (χ1) is 9.11. The van der Waals surface area contributed by atoms with Crippen molar-refractivity contribution in [2.75, 3.05) is 6.54 Å². The third-order valence-corrected chi connectivity index (χ3v) is 2.66. The number of aromatic nitrogens is 3. The van der Waals surface area contributed by atoms with Gasteiger partial charge in [0.15, 0.2) is 17.5 Å². The first-order valence-electron chi connectivity index (χ1n) is 5.88. The molecule has 102 valence electrons. The minimum absolute atomic E-state index is 0.170. The lowest BCUT2D eigenvalue weighted by Gasteiger charge is -2.02. The average molecular weight is 270 g/mol. The summed E-state index contributed by atoms with van der Waals surface area (Å²) in [5, 5.41) is 7.55. The van der Waals surface area contributed by atoms with Crippen molar-refractivity contribution >= 4 is 0 Å². The zero-order valence-corrected chi connectivity index (χ0v) is 10.1. The van der Waals surface area contributed by atoms with Gasteiger partial charge in [-0.2, -0.15) is 0 Å². The largest absolute Gasteiger partial charge is 0.330 e. The van der Waals surface area contributed by atoms with Gasteiger partial charge in [-0.25, -0.2) is 17.9 Å². The molecule has 2 aromatic rings. The van der Waals surface area contributed by atoms with Crippen molar-refractivity contribution in [1.82, 2.24) is 15.0 Å². The standard InChI is InChI=1S/C12H13F3N4/c13-9-5-11(15)12(6-10(9)14)19-7-8(17-18-19)3-1-2-4-16/h5-7H,1-4,16H2. The molecule has 2 rings (SSSR count). The van der Waals surface area contributed by atoms with Crippen LogP contribution < -0.4 is 5.73 Å². The highest BCUT2D eigenvalue weighted by Gasteiger charge is 2.13. The van der Waals surface area contributed by atoms with Crippen LogP contribution in [0.2, 0.25) is 0 Å². The fraction of sp³-hybridized carbons (Fsp3) is 0.333. The van der Waals surface area contributed by atoms with Crippen LogP contribution in [-0.4, -0.2) is 21.5 Å². The summed E-state index contributed by atoms with van der Waals surface area (Å²) in [6.45, 7) is 0.589. The van der Waals surface area contributed by atoms with Gasteiger partial charge < -0.3 is 5.73 Å². The first-order valence-corrected chi connectivity index (χ1v) is 5.88. The maximum atomic E-state index is 13.5. The summed E-state index contributed by atoms with van der Waals surface area (Å²) in [5.41, 5.74) is 5.85. The van der Waals surface area contributed by atoms with Gasteiger partial charge in [0.1, 0.15) is 5.69 Å². The Morgan fingerprint density at radius 2 is 1.79 bits per heavy atom. The molecule has 19 heavy (non-hydrogen) atoms. The number of hydrogen-bond acceptors (Lipinski definition) is 3. The minimum atomic E-state index is -1.23. The molecule has 0 amide bonds. The normalized spacial score (nSPS) is 10.9. The van der Waals surface area contributed by atoms with Crippen molar-refractivity contribution in [1.29, 1.82) is 0 Å². The first kappa shape index (κ1) is 13.5. The zero-order chi connectivity index (χ0) is 13.8. The third-order valence-electron chi connectivity index (χ3n) is 2.66. The Morgan fingerprint density at radius 1 is 1.05 bits per heavy atom. The number of rotatable bonds is 5. The molecule has 4 nitrogen and oxygen atoms in total. The number of benzene rings is 1. The van der Waals surface area contributed by atoms with Crippen LogP contribution in [0.5, 0.6) is 0 Å². The van der Waals surface area contributed by atoms with Crippen molar-refractivity contribution in [2.45, 2.75) is 19.3 Å². The van der Waals surface area contributed by atoms with Gasteiger partial charge >= 0.3 is 0 Å². The number of nitrogens with two attached hydrogens (primary N) is 1. The molecular formula is C12H13F3N4. The molecular weight excluding hydrogens is 257 g/mol. The van der Waals surface area contributed by atoms with Crippen LogP contribution in [0.4, 0.5) is 13.2 Å². The van der Waals surface area contributed by atoms with Crippen molar-refractivity contribution in [3.63, 3.8) is 0 Å². The fourth-order valence-corrected chi connectivity index (χ4v) is 1.67. The maximum Gasteiger partial charge on any atom is 0.161 e. The molecule has 0 saturated heterocycles. The minimum Gasteiger partial charge on any atom is -0.330 e. The topological polar surface area (TPSA) is 56.7 Å². The Bertz CT molecular complexity index is 568. The molecule has 0 aliphatic rings. The highest BCUT2D eigenvalue weighted by molar-refractivity contribution is 5.33. The predicted octanol–water partition coefficient (Wildman–Crippen LogP) is 1.97. The second kappa shape index (κ2) is 5.83. The van der Waals surface area contributed by atoms with Crippen LogP contribution >= 0.6 is 0 Å². The van der Waals surface area contributed by atoms with Crippen LogP contribution in [0.1, 0.15) is 18.5 Å². The van der Waals surface area contributed by atoms with Gasteiger partial charge in [-0.1, -0.05) is 5.21 Å². The van der Waals surface area contributed by atoms with E-state index in [4.69, 9.17) is 5.73 Å². The maximum absolute atomic E-state index is 13.5. The summed E-state index contributed by atoms with van der Waals surface area (Å²) in [4.78, 5) is 0. The molecule has 0 saturated carbocycles. The second-order valence-corrected chi connectivity index (χ2v) is 4.12. The molecule has 2 N–H and O–H groups in total. The van der Waals surface area contributed by atoms with Gasteiger partial charge in [0.2, 0.25) is 0 Å². The Kier molecular flexibility index (Phi) is 4.16. The molecule has 0 bridgehead atoms. The number of nitrogens with zero attached hydrogens (tertiary/aromatic N) is 3. The van der Waals surface area contributed by atoms with E-state index in [0.717, 1.165) is 23.6 Å². The number of aryl methyl sites for hydroxylation is 1. The second-order valence-electron chi connectivity index (χ2n) is 4.12. The smallest absolute Gasteiger partial charge is 0.161 e. The lowest BCUT2D eigenvalue weighted by molar-refractivity contribution is 0.491. The zero-order valence-electron chi connectivity index (χ0n) is 10.1. The van der Waals surface area contributed by atoms with E-state index >= 15 is 0 Å². The van der Waals surface area contributed by atoms with E-state index in [9.17, 15) is 13.2 Å². The van der Waals surface area contributed by atoms with Crippen LogP contribution in [0.15, 0.2) is 18.3 Å². The Hall–Kier alpha value is -1.89. The number of unbranched alkanes of at least 4 members (excludes halogenated alkanes) is 1. The van der Waals surface area contributed by atoms with E-state index in [1.807, 2.05) is 0 Å². The lowest BCUT2D eigenvalue weighted by Crippen LogP contribution is -2.01. The van der Waals surface area contributed by atoms with Gasteiger partial charge in [-0.15, -0.1) is 5.10 Å². The highest BCUT2D eigenvalue weighted by Crippen LogP contribution is 2.17. The Balaban J connectivity index is 2.20. The van der Waals surface area contributed by atoms with Gasteiger partial charge in [0.05, 0.1) is 11.9 Å². The molecule has 0 unspecified atom stereocenters. The molecule has 1 heterocycles. The monoisotopic (exact) mass is 270 g/mol. The fourth-order valence-electron chi connectivity index (χ4n) is 1.67. The summed E-state index contributed by atoms with van der Waals surface area (Å²) >= 11 is 0. The van der Waals surface area contributed by atoms with Crippen LogP contribution in [0, 0.1) is 17.5 Å². The van der Waals surface area contributed by atoms with Gasteiger partial charge in [0.25, 0.3) is 0 Å². The van der Waals surface area contributed by atoms with Crippen molar-refractivity contribution < 1.29 is 13.2 Å². The molecule has 0 atom stereocenters. The summed E-state index contributed by atoms with van der Waals surface area (Å²) in [6.07, 6.45) is 3.84. The van der Waals surface area contributed by atoms with Crippen molar-refractivity contribution in [3.05, 3.63) is 41.5 Å². The Labute approximate surface area is 108 Å². The van der Waals surface area contributed by atoms with E-state index in [1.54, 1.807) is 0 Å². The molecule has 0 aliphatic carbocycles. The van der Waals surface area contributed by atoms with Gasteiger partial charge in [-0.05, 0) is 25.8 Å². The molecule has 0 aliphatic heterocycles. The molecule has 7 heteroatoms. The third kappa shape index (κ3) is 3.11. The number of halogens is 3. The molecule has 0 spiro atoms. The van der Waals surface area contributed by atoms with E-state index in [-0.39, 0.29) is 5.69 Å². The molecule has 0 radical (unpaired) electrons. The predicted molar refractivity (Wildman–Crippen MR) is 63.2 cm³/mol. The van der Waals surface area contributed by atoms with E-state index < -0.39 is 17.5 Å². The molecule has 1 aromatic carbocycles. The lowest BCUT2D eigenvalue weighted by atomic mass is 10.2. The van der Waals surface area contributed by atoms with E-state index in [0.29, 0.717) is 24.7 Å². The van der Waals surface area contributed by atoms with Gasteiger partial charge in [0, 0.05) is 12.1 Å².